The fourth-order valence-electron chi connectivity index (χ4n) is 3.93. The molecule has 0 bridgehead atoms. The van der Waals surface area contributed by atoms with Crippen molar-refractivity contribution in [2.75, 3.05) is 19.7 Å². The first-order valence-electron chi connectivity index (χ1n) is 8.85. The zero-order valence-electron chi connectivity index (χ0n) is 14.8. The van der Waals surface area contributed by atoms with Gasteiger partial charge in [-0.25, -0.2) is 9.97 Å². The molecule has 7 heteroatoms. The van der Waals surface area contributed by atoms with Gasteiger partial charge in [0, 0.05) is 37.5 Å². The van der Waals surface area contributed by atoms with Gasteiger partial charge in [-0.3, -0.25) is 4.90 Å². The second-order valence-corrected chi connectivity index (χ2v) is 7.09. The largest absolute Gasteiger partial charge is 0.458 e. The topological polar surface area (TPSA) is 73.5 Å². The van der Waals surface area contributed by atoms with Crippen molar-refractivity contribution in [3.63, 3.8) is 0 Å². The lowest BCUT2D eigenvalue weighted by atomic mass is 9.89. The van der Waals surface area contributed by atoms with E-state index in [2.05, 4.69) is 20.0 Å². The average molecular weight is 344 g/mol. The normalized spacial score (nSPS) is 27.0. The Morgan fingerprint density at radius 1 is 1.32 bits per heavy atom. The van der Waals surface area contributed by atoms with Crippen molar-refractivity contribution >= 4 is 0 Å². The van der Waals surface area contributed by atoms with Gasteiger partial charge in [0.05, 0.1) is 17.9 Å². The molecular formula is C18H24N4O3. The highest BCUT2D eigenvalue weighted by Gasteiger charge is 2.44. The van der Waals surface area contributed by atoms with Crippen LogP contribution in [0.4, 0.5) is 0 Å². The van der Waals surface area contributed by atoms with E-state index in [0.717, 1.165) is 50.4 Å². The van der Waals surface area contributed by atoms with Crippen molar-refractivity contribution in [2.24, 2.45) is 0 Å². The quantitative estimate of drug-likeness (QED) is 0.842. The summed E-state index contributed by atoms with van der Waals surface area (Å²) in [4.78, 5) is 10.7. The van der Waals surface area contributed by atoms with Crippen LogP contribution in [0.25, 0.3) is 0 Å². The highest BCUT2D eigenvalue weighted by molar-refractivity contribution is 5.20. The Morgan fingerprint density at radius 2 is 2.16 bits per heavy atom. The molecular weight excluding hydrogens is 320 g/mol. The van der Waals surface area contributed by atoms with Crippen LogP contribution >= 0.6 is 0 Å². The Kier molecular flexibility index (Phi) is 4.43. The first-order valence-corrected chi connectivity index (χ1v) is 8.85. The minimum absolute atomic E-state index is 0.0152. The first kappa shape index (κ1) is 16.5. The van der Waals surface area contributed by atoms with E-state index >= 15 is 0 Å². The molecule has 4 heterocycles. The van der Waals surface area contributed by atoms with Crippen LogP contribution in [0.5, 0.6) is 6.01 Å². The number of aryl methyl sites for hydroxylation is 2. The Bertz CT molecular complexity index is 701. The molecule has 2 aromatic heterocycles. The lowest BCUT2D eigenvalue weighted by Crippen LogP contribution is -2.47. The molecule has 1 spiro atoms. The average Bonchev–Trinajstić information content (AvgIpc) is 3.14. The summed E-state index contributed by atoms with van der Waals surface area (Å²) in [5.41, 5.74) is 2.05. The van der Waals surface area contributed by atoms with Gasteiger partial charge in [0.2, 0.25) is 0 Å². The Labute approximate surface area is 147 Å². The smallest absolute Gasteiger partial charge is 0.316 e. The van der Waals surface area contributed by atoms with E-state index in [1.54, 1.807) is 18.5 Å². The van der Waals surface area contributed by atoms with Crippen LogP contribution in [0, 0.1) is 13.8 Å². The number of piperidine rings is 1. The van der Waals surface area contributed by atoms with Crippen LogP contribution < -0.4 is 4.74 Å². The van der Waals surface area contributed by atoms with Gasteiger partial charge >= 0.3 is 6.01 Å². The molecule has 134 valence electrons. The molecule has 2 fully saturated rings. The number of nitrogens with zero attached hydrogens (tertiary/aromatic N) is 4. The SMILES string of the molecule is Cc1noc(C)c1CN1CCC[C@@]2(C[C@@H](Oc3ncccn3)CO2)C1. The monoisotopic (exact) mass is 344 g/mol. The lowest BCUT2D eigenvalue weighted by molar-refractivity contribution is -0.0539. The number of hydrogen-bond donors (Lipinski definition) is 0. The molecule has 0 unspecified atom stereocenters. The van der Waals surface area contributed by atoms with Crippen LogP contribution in [-0.4, -0.2) is 51.4 Å². The summed E-state index contributed by atoms with van der Waals surface area (Å²) in [5, 5.41) is 4.06. The predicted octanol–water partition coefficient (Wildman–Crippen LogP) is 2.28. The molecule has 4 rings (SSSR count). The van der Waals surface area contributed by atoms with E-state index < -0.39 is 0 Å². The number of ether oxygens (including phenoxy) is 2. The van der Waals surface area contributed by atoms with Crippen molar-refractivity contribution in [3.8, 4) is 6.01 Å². The van der Waals surface area contributed by atoms with Crippen molar-refractivity contribution < 1.29 is 14.0 Å². The summed E-state index contributed by atoms with van der Waals surface area (Å²) < 4.78 is 17.4. The minimum atomic E-state index is -0.128. The molecule has 0 saturated carbocycles. The highest BCUT2D eigenvalue weighted by Crippen LogP contribution is 2.36. The van der Waals surface area contributed by atoms with Crippen LogP contribution in [-0.2, 0) is 11.3 Å². The van der Waals surface area contributed by atoms with Gasteiger partial charge in [-0.1, -0.05) is 5.16 Å². The van der Waals surface area contributed by atoms with Crippen LogP contribution in [0.1, 0.15) is 36.3 Å². The fourth-order valence-corrected chi connectivity index (χ4v) is 3.93. The third-order valence-corrected chi connectivity index (χ3v) is 5.17. The summed E-state index contributed by atoms with van der Waals surface area (Å²) in [7, 11) is 0. The zero-order valence-corrected chi connectivity index (χ0v) is 14.8. The Balaban J connectivity index is 1.39. The molecule has 25 heavy (non-hydrogen) atoms. The summed E-state index contributed by atoms with van der Waals surface area (Å²) in [5.74, 6) is 0.909. The zero-order chi connectivity index (χ0) is 17.3. The molecule has 0 radical (unpaired) electrons. The van der Waals surface area contributed by atoms with Gasteiger partial charge < -0.3 is 14.0 Å². The van der Waals surface area contributed by atoms with Gasteiger partial charge in [0.15, 0.2) is 0 Å². The minimum Gasteiger partial charge on any atom is -0.458 e. The van der Waals surface area contributed by atoms with Gasteiger partial charge in [-0.2, -0.15) is 0 Å². The summed E-state index contributed by atoms with van der Waals surface area (Å²) in [6.07, 6.45) is 6.48. The van der Waals surface area contributed by atoms with Crippen molar-refractivity contribution in [2.45, 2.75) is 51.4 Å². The van der Waals surface area contributed by atoms with Crippen molar-refractivity contribution in [1.82, 2.24) is 20.0 Å². The molecule has 2 aliphatic heterocycles. The standard InChI is InChI=1S/C18H24N4O3/c1-13-16(14(2)25-21-13)10-22-8-3-5-18(12-22)9-15(11-23-18)24-17-19-6-4-7-20-17/h4,6-7,15H,3,5,8-12H2,1-2H3/t15-,18-/m1/s1. The number of hydrogen-bond acceptors (Lipinski definition) is 7. The summed E-state index contributed by atoms with van der Waals surface area (Å²) in [6, 6.07) is 2.21. The number of aromatic nitrogens is 3. The van der Waals surface area contributed by atoms with Crippen molar-refractivity contribution in [1.29, 1.82) is 0 Å². The number of rotatable bonds is 4. The Morgan fingerprint density at radius 3 is 2.92 bits per heavy atom. The number of likely N-dealkylation sites (tertiary alicyclic amines) is 1. The van der Waals surface area contributed by atoms with Crippen LogP contribution in [0.2, 0.25) is 0 Å². The molecule has 2 saturated heterocycles. The van der Waals surface area contributed by atoms with Crippen molar-refractivity contribution in [3.05, 3.63) is 35.5 Å². The molecule has 7 nitrogen and oxygen atoms in total. The van der Waals surface area contributed by atoms with Gasteiger partial charge in [0.25, 0.3) is 0 Å². The Hall–Kier alpha value is -1.99. The molecule has 2 aliphatic rings. The summed E-state index contributed by atoms with van der Waals surface area (Å²) >= 11 is 0. The van der Waals surface area contributed by atoms with Gasteiger partial charge in [-0.05, 0) is 39.3 Å². The van der Waals surface area contributed by atoms with Crippen LogP contribution in [0.3, 0.4) is 0 Å². The lowest BCUT2D eigenvalue weighted by Gasteiger charge is -2.39. The second-order valence-electron chi connectivity index (χ2n) is 7.09. The highest BCUT2D eigenvalue weighted by atomic mass is 16.6. The first-order chi connectivity index (χ1) is 12.1. The van der Waals surface area contributed by atoms with E-state index in [9.17, 15) is 0 Å². The van der Waals surface area contributed by atoms with E-state index in [4.69, 9.17) is 14.0 Å². The van der Waals surface area contributed by atoms with Crippen LogP contribution in [0.15, 0.2) is 23.0 Å². The second kappa shape index (κ2) is 6.72. The molecule has 0 aliphatic carbocycles. The third kappa shape index (κ3) is 3.52. The molecule has 0 aromatic carbocycles. The third-order valence-electron chi connectivity index (χ3n) is 5.17. The molecule has 2 aromatic rings. The van der Waals surface area contributed by atoms with Gasteiger partial charge in [-0.15, -0.1) is 0 Å². The summed E-state index contributed by atoms with van der Waals surface area (Å²) in [6.45, 7) is 7.41. The van der Waals surface area contributed by atoms with E-state index in [1.807, 2.05) is 13.8 Å². The van der Waals surface area contributed by atoms with E-state index in [0.29, 0.717) is 12.6 Å². The maximum Gasteiger partial charge on any atom is 0.316 e. The molecule has 0 amide bonds. The van der Waals surface area contributed by atoms with E-state index in [-0.39, 0.29) is 11.7 Å². The van der Waals surface area contributed by atoms with E-state index in [1.165, 1.54) is 5.56 Å². The molecule has 0 N–H and O–H groups in total. The fraction of sp³-hybridized carbons (Fsp3) is 0.611. The molecule has 2 atom stereocenters. The predicted molar refractivity (Wildman–Crippen MR) is 90.2 cm³/mol. The van der Waals surface area contributed by atoms with Gasteiger partial charge in [0.1, 0.15) is 11.9 Å². The maximum absolute atomic E-state index is 6.21. The maximum atomic E-state index is 6.21.